The monoisotopic (exact) mass is 248 g/mol. The summed E-state index contributed by atoms with van der Waals surface area (Å²) in [4.78, 5) is 10.7. The van der Waals surface area contributed by atoms with Crippen LogP contribution in [0.5, 0.6) is 0 Å². The van der Waals surface area contributed by atoms with E-state index in [4.69, 9.17) is 5.11 Å². The maximum Gasteiger partial charge on any atom is 0.335 e. The Labute approximate surface area is 103 Å². The number of aromatic carboxylic acids is 1. The summed E-state index contributed by atoms with van der Waals surface area (Å²) >= 11 is 0. The Balaban J connectivity index is 2.23. The minimum absolute atomic E-state index is 0.165. The maximum absolute atomic E-state index is 13.4. The van der Waals surface area contributed by atoms with E-state index in [2.05, 4.69) is 0 Å². The standard InChI is InChI=1S/C14H10F2O2/c15-12-5-6-13(16)11(8-12)7-9-1-3-10(4-2-9)14(17)18/h1-6,8H,7H2,(H,17,18). The molecule has 0 radical (unpaired) electrons. The number of rotatable bonds is 3. The van der Waals surface area contributed by atoms with Crippen molar-refractivity contribution in [3.8, 4) is 0 Å². The third kappa shape index (κ3) is 2.71. The highest BCUT2D eigenvalue weighted by Gasteiger charge is 2.06. The van der Waals surface area contributed by atoms with Crippen LogP contribution in [0.15, 0.2) is 42.5 Å². The third-order valence-electron chi connectivity index (χ3n) is 2.60. The molecule has 0 unspecified atom stereocenters. The molecule has 2 rings (SSSR count). The molecule has 0 heterocycles. The Hall–Kier alpha value is -2.23. The predicted octanol–water partition coefficient (Wildman–Crippen LogP) is 3.25. The van der Waals surface area contributed by atoms with Crippen molar-refractivity contribution in [3.63, 3.8) is 0 Å². The Morgan fingerprint density at radius 1 is 1.06 bits per heavy atom. The second-order valence-electron chi connectivity index (χ2n) is 3.91. The largest absolute Gasteiger partial charge is 0.478 e. The second kappa shape index (κ2) is 4.96. The van der Waals surface area contributed by atoms with Gasteiger partial charge in [-0.25, -0.2) is 13.6 Å². The van der Waals surface area contributed by atoms with E-state index in [1.165, 1.54) is 12.1 Å². The van der Waals surface area contributed by atoms with Crippen LogP contribution in [0.4, 0.5) is 8.78 Å². The zero-order valence-electron chi connectivity index (χ0n) is 9.36. The van der Waals surface area contributed by atoms with Gasteiger partial charge in [0.1, 0.15) is 11.6 Å². The molecule has 0 aliphatic carbocycles. The molecule has 0 atom stereocenters. The summed E-state index contributed by atoms with van der Waals surface area (Å²) in [6.45, 7) is 0. The molecular weight excluding hydrogens is 238 g/mol. The molecule has 18 heavy (non-hydrogen) atoms. The van der Waals surface area contributed by atoms with Crippen LogP contribution in [-0.4, -0.2) is 11.1 Å². The molecule has 2 aromatic rings. The molecule has 0 aliphatic heterocycles. The fraction of sp³-hybridized carbons (Fsp3) is 0.0714. The van der Waals surface area contributed by atoms with E-state index in [1.54, 1.807) is 12.1 Å². The molecule has 0 fully saturated rings. The van der Waals surface area contributed by atoms with E-state index in [-0.39, 0.29) is 17.5 Å². The van der Waals surface area contributed by atoms with E-state index >= 15 is 0 Å². The molecular formula is C14H10F2O2. The average Bonchev–Trinajstić information content (AvgIpc) is 2.34. The van der Waals surface area contributed by atoms with Gasteiger partial charge in [0.15, 0.2) is 0 Å². The Morgan fingerprint density at radius 2 is 1.72 bits per heavy atom. The van der Waals surface area contributed by atoms with Crippen molar-refractivity contribution in [2.45, 2.75) is 6.42 Å². The normalized spacial score (nSPS) is 10.3. The van der Waals surface area contributed by atoms with E-state index < -0.39 is 17.6 Å². The Bertz CT molecular complexity index is 577. The number of carbonyl (C=O) groups is 1. The molecule has 0 amide bonds. The highest BCUT2D eigenvalue weighted by Crippen LogP contribution is 2.15. The lowest BCUT2D eigenvalue weighted by Gasteiger charge is -2.04. The SMILES string of the molecule is O=C(O)c1ccc(Cc2cc(F)ccc2F)cc1. The lowest BCUT2D eigenvalue weighted by molar-refractivity contribution is 0.0697. The quantitative estimate of drug-likeness (QED) is 0.905. The molecule has 92 valence electrons. The topological polar surface area (TPSA) is 37.3 Å². The summed E-state index contributed by atoms with van der Waals surface area (Å²) in [5, 5.41) is 8.74. The molecule has 0 aromatic heterocycles. The molecule has 0 saturated carbocycles. The average molecular weight is 248 g/mol. The van der Waals surface area contributed by atoms with Crippen LogP contribution >= 0.6 is 0 Å². The van der Waals surface area contributed by atoms with Crippen molar-refractivity contribution in [1.82, 2.24) is 0 Å². The summed E-state index contributed by atoms with van der Waals surface area (Å²) < 4.78 is 26.4. The lowest BCUT2D eigenvalue weighted by Crippen LogP contribution is -1.97. The molecule has 2 aromatic carbocycles. The van der Waals surface area contributed by atoms with Crippen LogP contribution < -0.4 is 0 Å². The minimum atomic E-state index is -1.02. The van der Waals surface area contributed by atoms with Gasteiger partial charge in [-0.1, -0.05) is 12.1 Å². The summed E-state index contributed by atoms with van der Waals surface area (Å²) in [5.41, 5.74) is 1.14. The fourth-order valence-electron chi connectivity index (χ4n) is 1.66. The first-order valence-electron chi connectivity index (χ1n) is 5.32. The van der Waals surface area contributed by atoms with Gasteiger partial charge in [-0.3, -0.25) is 0 Å². The van der Waals surface area contributed by atoms with Gasteiger partial charge in [-0.15, -0.1) is 0 Å². The lowest BCUT2D eigenvalue weighted by atomic mass is 10.0. The van der Waals surface area contributed by atoms with Gasteiger partial charge < -0.3 is 5.11 Å². The zero-order valence-corrected chi connectivity index (χ0v) is 9.36. The first-order valence-corrected chi connectivity index (χ1v) is 5.32. The van der Waals surface area contributed by atoms with Gasteiger partial charge in [0.2, 0.25) is 0 Å². The highest BCUT2D eigenvalue weighted by molar-refractivity contribution is 5.87. The minimum Gasteiger partial charge on any atom is -0.478 e. The number of hydrogen-bond donors (Lipinski definition) is 1. The summed E-state index contributed by atoms with van der Waals surface area (Å²) in [6, 6.07) is 9.34. The van der Waals surface area contributed by atoms with Gasteiger partial charge in [-0.2, -0.15) is 0 Å². The molecule has 0 aliphatic rings. The summed E-state index contributed by atoms with van der Waals surface area (Å²) in [6.07, 6.45) is 0.226. The zero-order chi connectivity index (χ0) is 13.1. The fourth-order valence-corrected chi connectivity index (χ4v) is 1.66. The van der Waals surface area contributed by atoms with Crippen LogP contribution in [0.3, 0.4) is 0 Å². The number of carboxylic acids is 1. The van der Waals surface area contributed by atoms with Crippen molar-refractivity contribution in [2.24, 2.45) is 0 Å². The van der Waals surface area contributed by atoms with Crippen molar-refractivity contribution in [2.75, 3.05) is 0 Å². The van der Waals surface area contributed by atoms with Crippen LogP contribution in [0.25, 0.3) is 0 Å². The predicted molar refractivity (Wildman–Crippen MR) is 62.6 cm³/mol. The molecule has 1 N–H and O–H groups in total. The number of carboxylic acid groups (broad SMARTS) is 1. The van der Waals surface area contributed by atoms with E-state index in [0.717, 1.165) is 23.8 Å². The van der Waals surface area contributed by atoms with E-state index in [1.807, 2.05) is 0 Å². The third-order valence-corrected chi connectivity index (χ3v) is 2.60. The molecule has 0 spiro atoms. The summed E-state index contributed by atoms with van der Waals surface area (Å²) in [5.74, 6) is -1.98. The molecule has 0 bridgehead atoms. The van der Waals surface area contributed by atoms with Crippen molar-refractivity contribution in [3.05, 3.63) is 70.8 Å². The van der Waals surface area contributed by atoms with Gasteiger partial charge >= 0.3 is 5.97 Å². The van der Waals surface area contributed by atoms with E-state index in [9.17, 15) is 13.6 Å². The number of hydrogen-bond acceptors (Lipinski definition) is 1. The maximum atomic E-state index is 13.4. The molecule has 2 nitrogen and oxygen atoms in total. The highest BCUT2D eigenvalue weighted by atomic mass is 19.1. The van der Waals surface area contributed by atoms with Gasteiger partial charge in [0.05, 0.1) is 5.56 Å². The molecule has 0 saturated heterocycles. The van der Waals surface area contributed by atoms with Crippen LogP contribution in [-0.2, 0) is 6.42 Å². The van der Waals surface area contributed by atoms with Crippen molar-refractivity contribution >= 4 is 5.97 Å². The van der Waals surface area contributed by atoms with E-state index in [0.29, 0.717) is 0 Å². The Kier molecular flexibility index (Phi) is 3.37. The second-order valence-corrected chi connectivity index (χ2v) is 3.91. The molecule has 4 heteroatoms. The number of benzene rings is 2. The van der Waals surface area contributed by atoms with Crippen LogP contribution in [0, 0.1) is 11.6 Å². The number of halogens is 2. The smallest absolute Gasteiger partial charge is 0.335 e. The van der Waals surface area contributed by atoms with Crippen LogP contribution in [0.1, 0.15) is 21.5 Å². The van der Waals surface area contributed by atoms with Gasteiger partial charge in [0, 0.05) is 6.42 Å². The van der Waals surface area contributed by atoms with Gasteiger partial charge in [0.25, 0.3) is 0 Å². The first-order chi connectivity index (χ1) is 8.56. The van der Waals surface area contributed by atoms with Crippen molar-refractivity contribution in [1.29, 1.82) is 0 Å². The van der Waals surface area contributed by atoms with Crippen molar-refractivity contribution < 1.29 is 18.7 Å². The first kappa shape index (κ1) is 12.2. The Morgan fingerprint density at radius 3 is 2.33 bits per heavy atom. The summed E-state index contributed by atoms with van der Waals surface area (Å²) in [7, 11) is 0. The van der Waals surface area contributed by atoms with Crippen LogP contribution in [0.2, 0.25) is 0 Å². The van der Waals surface area contributed by atoms with Gasteiger partial charge in [-0.05, 0) is 41.5 Å².